The summed E-state index contributed by atoms with van der Waals surface area (Å²) in [5, 5.41) is 0. The first-order valence-corrected chi connectivity index (χ1v) is 10.3. The molecule has 1 nitrogen and oxygen atoms in total. The number of halogens is 2. The molecular formula is C22H23Br2N. The van der Waals surface area contributed by atoms with E-state index in [1.165, 1.54) is 35.4 Å². The van der Waals surface area contributed by atoms with Gasteiger partial charge in [0.1, 0.15) is 0 Å². The van der Waals surface area contributed by atoms with Gasteiger partial charge in [0.2, 0.25) is 0 Å². The van der Waals surface area contributed by atoms with Crippen LogP contribution in [-0.4, -0.2) is 6.54 Å². The second-order valence-corrected chi connectivity index (χ2v) is 8.38. The largest absolute Gasteiger partial charge is 0.341 e. The lowest BCUT2D eigenvalue weighted by Crippen LogP contribution is -2.23. The predicted octanol–water partition coefficient (Wildman–Crippen LogP) is 7.65. The van der Waals surface area contributed by atoms with Gasteiger partial charge < -0.3 is 4.90 Å². The number of rotatable bonds is 5. The Morgan fingerprint density at radius 2 is 1.36 bits per heavy atom. The molecule has 3 heteroatoms. The van der Waals surface area contributed by atoms with Crippen molar-refractivity contribution in [3.8, 4) is 0 Å². The highest BCUT2D eigenvalue weighted by Crippen LogP contribution is 2.34. The number of nitrogens with zero attached hydrogens (tertiary/aromatic N) is 1. The molecule has 1 aliphatic rings. The van der Waals surface area contributed by atoms with Crippen molar-refractivity contribution in [2.75, 3.05) is 11.4 Å². The molecule has 1 aliphatic carbocycles. The summed E-state index contributed by atoms with van der Waals surface area (Å²) in [4.78, 5) is 2.40. The Hall–Kier alpha value is -1.32. The summed E-state index contributed by atoms with van der Waals surface area (Å²) in [6.45, 7) is 5.41. The van der Waals surface area contributed by atoms with Crippen molar-refractivity contribution in [1.29, 1.82) is 0 Å². The second-order valence-electron chi connectivity index (χ2n) is 6.55. The molecule has 2 aromatic carbocycles. The molecule has 3 rings (SSSR count). The maximum absolute atomic E-state index is 3.53. The Balaban J connectivity index is 1.86. The van der Waals surface area contributed by atoms with E-state index in [1.54, 1.807) is 0 Å². The molecule has 1 saturated carbocycles. The Bertz CT molecular complexity index is 727. The molecule has 0 amide bonds. The third-order valence-electron chi connectivity index (χ3n) is 4.66. The molecule has 25 heavy (non-hydrogen) atoms. The van der Waals surface area contributed by atoms with Gasteiger partial charge in [0.15, 0.2) is 0 Å². The van der Waals surface area contributed by atoms with Crippen LogP contribution in [0.4, 0.5) is 11.4 Å². The van der Waals surface area contributed by atoms with Gasteiger partial charge in [0, 0.05) is 26.9 Å². The van der Waals surface area contributed by atoms with Gasteiger partial charge >= 0.3 is 0 Å². The van der Waals surface area contributed by atoms with Crippen molar-refractivity contribution in [2.45, 2.75) is 26.7 Å². The number of hydrogen-bond acceptors (Lipinski definition) is 1. The fourth-order valence-corrected chi connectivity index (χ4v) is 3.75. The molecule has 0 bridgehead atoms. The molecule has 2 aromatic rings. The van der Waals surface area contributed by atoms with Crippen LogP contribution < -0.4 is 4.90 Å². The van der Waals surface area contributed by atoms with Crippen LogP contribution in [-0.2, 0) is 0 Å². The van der Waals surface area contributed by atoms with Crippen LogP contribution in [0.25, 0.3) is 0 Å². The molecule has 1 atom stereocenters. The quantitative estimate of drug-likeness (QED) is 0.442. The zero-order valence-electron chi connectivity index (χ0n) is 14.7. The summed E-state index contributed by atoms with van der Waals surface area (Å²) in [5.41, 5.74) is 5.48. The topological polar surface area (TPSA) is 3.24 Å². The minimum Gasteiger partial charge on any atom is -0.341 e. The van der Waals surface area contributed by atoms with Gasteiger partial charge in [-0.3, -0.25) is 0 Å². The lowest BCUT2D eigenvalue weighted by atomic mass is 9.83. The first-order chi connectivity index (χ1) is 12.1. The van der Waals surface area contributed by atoms with E-state index in [2.05, 4.69) is 111 Å². The molecule has 0 unspecified atom stereocenters. The lowest BCUT2D eigenvalue weighted by Gasteiger charge is -2.29. The summed E-state index contributed by atoms with van der Waals surface area (Å²) in [7, 11) is 0. The van der Waals surface area contributed by atoms with Crippen molar-refractivity contribution in [3.05, 3.63) is 80.8 Å². The van der Waals surface area contributed by atoms with Crippen molar-refractivity contribution in [1.82, 2.24) is 0 Å². The number of hydrogen-bond donors (Lipinski definition) is 0. The average Bonchev–Trinajstić information content (AvgIpc) is 2.59. The Labute approximate surface area is 167 Å². The fraction of sp³-hybridized carbons (Fsp3) is 0.273. The van der Waals surface area contributed by atoms with Gasteiger partial charge in [0.05, 0.1) is 0 Å². The number of benzene rings is 2. The van der Waals surface area contributed by atoms with Crippen LogP contribution in [0.2, 0.25) is 0 Å². The van der Waals surface area contributed by atoms with Gasteiger partial charge in [-0.05, 0) is 85.4 Å². The Kier molecular flexibility index (Phi) is 6.19. The van der Waals surface area contributed by atoms with Gasteiger partial charge in [0.25, 0.3) is 0 Å². The van der Waals surface area contributed by atoms with Crippen molar-refractivity contribution in [2.24, 2.45) is 5.92 Å². The predicted molar refractivity (Wildman–Crippen MR) is 116 cm³/mol. The third-order valence-corrected chi connectivity index (χ3v) is 5.71. The van der Waals surface area contributed by atoms with Gasteiger partial charge in [-0.25, -0.2) is 0 Å². The van der Waals surface area contributed by atoms with Crippen molar-refractivity contribution in [3.63, 3.8) is 0 Å². The lowest BCUT2D eigenvalue weighted by molar-refractivity contribution is 0.695. The first kappa shape index (κ1) is 18.5. The highest BCUT2D eigenvalue weighted by molar-refractivity contribution is 9.10. The summed E-state index contributed by atoms with van der Waals surface area (Å²) in [5.74, 6) is 0.484. The summed E-state index contributed by atoms with van der Waals surface area (Å²) < 4.78 is 2.21. The number of allylic oxidation sites excluding steroid dienone is 3. The molecular weight excluding hydrogens is 438 g/mol. The third kappa shape index (κ3) is 4.65. The molecule has 0 N–H and O–H groups in total. The van der Waals surface area contributed by atoms with E-state index >= 15 is 0 Å². The number of anilines is 2. The summed E-state index contributed by atoms with van der Waals surface area (Å²) in [6.07, 6.45) is 7.16. The van der Waals surface area contributed by atoms with Crippen LogP contribution >= 0.6 is 31.9 Å². The molecule has 130 valence electrons. The zero-order valence-corrected chi connectivity index (χ0v) is 17.8. The zero-order chi connectivity index (χ0) is 17.8. The minimum atomic E-state index is 0.484. The SMILES string of the molecule is C/C=C1/CC/C1=C/[C@H](C)CN(c1ccc(Br)cc1)c1ccc(Br)cc1. The van der Waals surface area contributed by atoms with E-state index in [-0.39, 0.29) is 0 Å². The van der Waals surface area contributed by atoms with E-state index in [0.29, 0.717) is 5.92 Å². The standard InChI is InChI=1S/C22H23Br2N/c1-3-17-4-5-18(17)14-16(2)15-25(21-10-6-19(23)7-11-21)22-12-8-20(24)9-13-22/h3,6-14,16H,4-5,15H2,1-2H3/b17-3-,18-14-/t16-/m0/s1. The average molecular weight is 461 g/mol. The fourth-order valence-electron chi connectivity index (χ4n) is 3.22. The van der Waals surface area contributed by atoms with Gasteiger partial charge in [-0.1, -0.05) is 50.9 Å². The molecule has 0 saturated heterocycles. The molecule has 0 aliphatic heterocycles. The molecule has 0 radical (unpaired) electrons. The maximum Gasteiger partial charge on any atom is 0.0411 e. The minimum absolute atomic E-state index is 0.484. The van der Waals surface area contributed by atoms with E-state index in [4.69, 9.17) is 0 Å². The summed E-state index contributed by atoms with van der Waals surface area (Å²) >= 11 is 7.07. The highest BCUT2D eigenvalue weighted by atomic mass is 79.9. The Morgan fingerprint density at radius 3 is 1.76 bits per heavy atom. The first-order valence-electron chi connectivity index (χ1n) is 8.71. The van der Waals surface area contributed by atoms with E-state index in [0.717, 1.165) is 15.5 Å². The molecule has 0 spiro atoms. The molecule has 0 aromatic heterocycles. The molecule has 1 fully saturated rings. The van der Waals surface area contributed by atoms with Crippen LogP contribution in [0.5, 0.6) is 0 Å². The maximum atomic E-state index is 3.53. The highest BCUT2D eigenvalue weighted by Gasteiger charge is 2.18. The van der Waals surface area contributed by atoms with Crippen LogP contribution in [0.1, 0.15) is 26.7 Å². The van der Waals surface area contributed by atoms with Gasteiger partial charge in [-0.2, -0.15) is 0 Å². The van der Waals surface area contributed by atoms with Crippen LogP contribution in [0.15, 0.2) is 80.8 Å². The normalized spacial score (nSPS) is 18.2. The van der Waals surface area contributed by atoms with Crippen molar-refractivity contribution < 1.29 is 0 Å². The van der Waals surface area contributed by atoms with E-state index in [9.17, 15) is 0 Å². The summed E-state index contributed by atoms with van der Waals surface area (Å²) in [6, 6.07) is 17.1. The van der Waals surface area contributed by atoms with E-state index in [1.807, 2.05) is 0 Å². The molecule has 0 heterocycles. The smallest absolute Gasteiger partial charge is 0.0411 e. The van der Waals surface area contributed by atoms with E-state index < -0.39 is 0 Å². The van der Waals surface area contributed by atoms with Gasteiger partial charge in [-0.15, -0.1) is 0 Å². The Morgan fingerprint density at radius 1 is 0.880 bits per heavy atom. The monoisotopic (exact) mass is 459 g/mol. The van der Waals surface area contributed by atoms with Crippen LogP contribution in [0.3, 0.4) is 0 Å². The second kappa shape index (κ2) is 8.37. The van der Waals surface area contributed by atoms with Crippen LogP contribution in [0, 0.1) is 5.92 Å². The van der Waals surface area contributed by atoms with Crippen molar-refractivity contribution >= 4 is 43.2 Å².